The van der Waals surface area contributed by atoms with Gasteiger partial charge in [0, 0.05) is 19.4 Å². The average molecular weight is 279 g/mol. The van der Waals surface area contributed by atoms with E-state index < -0.39 is 0 Å². The summed E-state index contributed by atoms with van der Waals surface area (Å²) >= 11 is 0. The zero-order valence-electron chi connectivity index (χ0n) is 11.9. The molecule has 1 heterocycles. The van der Waals surface area contributed by atoms with Crippen LogP contribution in [-0.2, 0) is 11.3 Å². The minimum absolute atomic E-state index is 0.402. The fourth-order valence-corrected chi connectivity index (χ4v) is 3.77. The Morgan fingerprint density at radius 1 is 1.38 bits per heavy atom. The SMILES string of the molecule is N#Cc1ccc2ncn(CC3CC(=O)CCC34CC4)c2c1. The van der Waals surface area contributed by atoms with E-state index in [1.165, 1.54) is 12.8 Å². The van der Waals surface area contributed by atoms with Gasteiger partial charge in [0.1, 0.15) is 5.78 Å². The first-order valence-corrected chi connectivity index (χ1v) is 7.57. The van der Waals surface area contributed by atoms with Gasteiger partial charge in [-0.05, 0) is 48.8 Å². The van der Waals surface area contributed by atoms with E-state index in [1.807, 2.05) is 18.5 Å². The average Bonchev–Trinajstić information content (AvgIpc) is 3.18. The number of nitriles is 1. The summed E-state index contributed by atoms with van der Waals surface area (Å²) in [5, 5.41) is 9.05. The second kappa shape index (κ2) is 4.42. The lowest BCUT2D eigenvalue weighted by atomic mass is 9.75. The predicted molar refractivity (Wildman–Crippen MR) is 78.5 cm³/mol. The maximum atomic E-state index is 11.8. The number of carbonyl (C=O) groups is 1. The number of aromatic nitrogens is 2. The first-order chi connectivity index (χ1) is 10.2. The molecule has 0 amide bonds. The molecule has 1 aromatic carbocycles. The molecule has 0 aliphatic heterocycles. The normalized spacial score (nSPS) is 23.4. The zero-order chi connectivity index (χ0) is 14.4. The van der Waals surface area contributed by atoms with Crippen molar-refractivity contribution in [2.45, 2.75) is 38.6 Å². The molecule has 4 heteroatoms. The third kappa shape index (κ3) is 2.04. The fourth-order valence-electron chi connectivity index (χ4n) is 3.77. The largest absolute Gasteiger partial charge is 0.330 e. The molecule has 21 heavy (non-hydrogen) atoms. The Labute approximate surface area is 123 Å². The first kappa shape index (κ1) is 12.6. The summed E-state index contributed by atoms with van der Waals surface area (Å²) in [5.41, 5.74) is 2.99. The number of benzene rings is 1. The molecule has 1 aromatic heterocycles. The van der Waals surface area contributed by atoms with Crippen molar-refractivity contribution in [2.75, 3.05) is 0 Å². The molecule has 0 radical (unpaired) electrons. The molecular formula is C17H17N3O. The molecule has 1 atom stereocenters. The Morgan fingerprint density at radius 3 is 3.00 bits per heavy atom. The molecule has 2 aliphatic carbocycles. The molecule has 2 aromatic rings. The summed E-state index contributed by atoms with van der Waals surface area (Å²) in [6.07, 6.45) is 6.91. The van der Waals surface area contributed by atoms with Crippen LogP contribution in [0.2, 0.25) is 0 Å². The third-order valence-corrected chi connectivity index (χ3v) is 5.30. The standard InChI is InChI=1S/C17H17N3O/c18-9-12-1-2-15-16(7-12)20(11-19-15)10-13-8-14(21)3-4-17(13)5-6-17/h1-2,7,11,13H,3-6,8,10H2. The highest BCUT2D eigenvalue weighted by Gasteiger charge is 2.51. The second-order valence-corrected chi connectivity index (χ2v) is 6.51. The van der Waals surface area contributed by atoms with E-state index in [0.29, 0.717) is 29.1 Å². The van der Waals surface area contributed by atoms with Gasteiger partial charge in [-0.2, -0.15) is 5.26 Å². The summed E-state index contributed by atoms with van der Waals surface area (Å²) in [6, 6.07) is 7.77. The van der Waals surface area contributed by atoms with Crippen LogP contribution >= 0.6 is 0 Å². The number of hydrogen-bond acceptors (Lipinski definition) is 3. The van der Waals surface area contributed by atoms with Crippen LogP contribution in [0.1, 0.15) is 37.7 Å². The highest BCUT2D eigenvalue weighted by molar-refractivity contribution is 5.80. The Balaban J connectivity index is 1.67. The molecule has 1 spiro atoms. The second-order valence-electron chi connectivity index (χ2n) is 6.51. The van der Waals surface area contributed by atoms with Crippen molar-refractivity contribution in [2.24, 2.45) is 11.3 Å². The van der Waals surface area contributed by atoms with E-state index >= 15 is 0 Å². The molecule has 0 bridgehead atoms. The van der Waals surface area contributed by atoms with Crippen molar-refractivity contribution < 1.29 is 4.79 Å². The molecule has 2 fully saturated rings. The van der Waals surface area contributed by atoms with E-state index in [2.05, 4.69) is 15.6 Å². The lowest BCUT2D eigenvalue weighted by Gasteiger charge is -2.31. The topological polar surface area (TPSA) is 58.7 Å². The van der Waals surface area contributed by atoms with Crippen LogP contribution in [0.3, 0.4) is 0 Å². The van der Waals surface area contributed by atoms with E-state index in [9.17, 15) is 4.79 Å². The van der Waals surface area contributed by atoms with Crippen molar-refractivity contribution in [1.29, 1.82) is 5.26 Å². The number of fused-ring (bicyclic) bond motifs is 1. The molecule has 106 valence electrons. The van der Waals surface area contributed by atoms with Crippen molar-refractivity contribution in [3.05, 3.63) is 30.1 Å². The van der Waals surface area contributed by atoms with Crippen LogP contribution < -0.4 is 0 Å². The van der Waals surface area contributed by atoms with Crippen molar-refractivity contribution in [3.63, 3.8) is 0 Å². The lowest BCUT2D eigenvalue weighted by molar-refractivity contribution is -0.123. The van der Waals surface area contributed by atoms with E-state index in [4.69, 9.17) is 5.26 Å². The van der Waals surface area contributed by atoms with Gasteiger partial charge in [-0.3, -0.25) is 4.79 Å². The highest BCUT2D eigenvalue weighted by atomic mass is 16.1. The molecule has 4 nitrogen and oxygen atoms in total. The van der Waals surface area contributed by atoms with Crippen molar-refractivity contribution >= 4 is 16.8 Å². The van der Waals surface area contributed by atoms with Gasteiger partial charge in [0.2, 0.25) is 0 Å². The summed E-state index contributed by atoms with van der Waals surface area (Å²) in [7, 11) is 0. The maximum Gasteiger partial charge on any atom is 0.133 e. The molecule has 4 rings (SSSR count). The van der Waals surface area contributed by atoms with Gasteiger partial charge >= 0.3 is 0 Å². The van der Waals surface area contributed by atoms with E-state index in [1.54, 1.807) is 6.07 Å². The molecule has 1 unspecified atom stereocenters. The molecule has 2 aliphatic rings. The van der Waals surface area contributed by atoms with Crippen LogP contribution in [0.15, 0.2) is 24.5 Å². The number of hydrogen-bond donors (Lipinski definition) is 0. The van der Waals surface area contributed by atoms with Gasteiger partial charge in [-0.25, -0.2) is 4.98 Å². The van der Waals surface area contributed by atoms with Crippen LogP contribution in [0, 0.1) is 22.7 Å². The summed E-state index contributed by atoms with van der Waals surface area (Å²) in [6.45, 7) is 0.844. The van der Waals surface area contributed by atoms with E-state index in [-0.39, 0.29) is 0 Å². The first-order valence-electron chi connectivity index (χ1n) is 7.57. The Kier molecular flexibility index (Phi) is 2.65. The summed E-state index contributed by atoms with van der Waals surface area (Å²) in [4.78, 5) is 16.2. The van der Waals surface area contributed by atoms with Gasteiger partial charge in [-0.15, -0.1) is 0 Å². The third-order valence-electron chi connectivity index (χ3n) is 5.30. The zero-order valence-corrected chi connectivity index (χ0v) is 11.9. The summed E-state index contributed by atoms with van der Waals surface area (Å²) in [5.74, 6) is 0.835. The number of imidazole rings is 1. The lowest BCUT2D eigenvalue weighted by Crippen LogP contribution is -2.29. The van der Waals surface area contributed by atoms with Crippen LogP contribution in [0.5, 0.6) is 0 Å². The van der Waals surface area contributed by atoms with Crippen LogP contribution in [-0.4, -0.2) is 15.3 Å². The number of rotatable bonds is 2. The van der Waals surface area contributed by atoms with Gasteiger partial charge in [0.05, 0.1) is 29.0 Å². The minimum atomic E-state index is 0.402. The minimum Gasteiger partial charge on any atom is -0.330 e. The number of Topliss-reactive ketones (excluding diaryl/α,β-unsaturated/α-hetero) is 1. The van der Waals surface area contributed by atoms with Crippen molar-refractivity contribution in [1.82, 2.24) is 9.55 Å². The Morgan fingerprint density at radius 2 is 2.24 bits per heavy atom. The van der Waals surface area contributed by atoms with Crippen LogP contribution in [0.4, 0.5) is 0 Å². The van der Waals surface area contributed by atoms with Crippen molar-refractivity contribution in [3.8, 4) is 6.07 Å². The van der Waals surface area contributed by atoms with Gasteiger partial charge < -0.3 is 4.57 Å². The molecule has 0 saturated heterocycles. The van der Waals surface area contributed by atoms with E-state index in [0.717, 1.165) is 30.4 Å². The number of nitrogens with zero attached hydrogens (tertiary/aromatic N) is 3. The predicted octanol–water partition coefficient (Wildman–Crippen LogP) is 3.06. The Bertz CT molecular complexity index is 764. The monoisotopic (exact) mass is 279 g/mol. The fraction of sp³-hybridized carbons (Fsp3) is 0.471. The smallest absolute Gasteiger partial charge is 0.133 e. The number of carbonyl (C=O) groups excluding carboxylic acids is 1. The maximum absolute atomic E-state index is 11.8. The van der Waals surface area contributed by atoms with Gasteiger partial charge in [-0.1, -0.05) is 0 Å². The molecular weight excluding hydrogens is 262 g/mol. The summed E-state index contributed by atoms with van der Waals surface area (Å²) < 4.78 is 2.12. The van der Waals surface area contributed by atoms with Gasteiger partial charge in [0.25, 0.3) is 0 Å². The number of ketones is 1. The Hall–Kier alpha value is -2.15. The van der Waals surface area contributed by atoms with Gasteiger partial charge in [0.15, 0.2) is 0 Å². The molecule has 0 N–H and O–H groups in total. The van der Waals surface area contributed by atoms with Crippen LogP contribution in [0.25, 0.3) is 11.0 Å². The highest BCUT2D eigenvalue weighted by Crippen LogP contribution is 2.59. The molecule has 2 saturated carbocycles. The quantitative estimate of drug-likeness (QED) is 0.849.